The van der Waals surface area contributed by atoms with E-state index in [1.54, 1.807) is 18.2 Å². The van der Waals surface area contributed by atoms with Crippen LogP contribution in [-0.4, -0.2) is 23.9 Å². The summed E-state index contributed by atoms with van der Waals surface area (Å²) in [6.45, 7) is 3.73. The number of imide groups is 2. The molecule has 1 saturated heterocycles. The minimum absolute atomic E-state index is 0.0181. The second-order valence-electron chi connectivity index (χ2n) is 6.39. The summed E-state index contributed by atoms with van der Waals surface area (Å²) in [6.07, 6.45) is 1.27. The Bertz CT molecular complexity index is 1050. The van der Waals surface area contributed by atoms with Gasteiger partial charge in [-0.1, -0.05) is 46.9 Å². The van der Waals surface area contributed by atoms with E-state index in [-0.39, 0.29) is 27.4 Å². The first-order valence-electron chi connectivity index (χ1n) is 8.50. The topological polar surface area (TPSA) is 75.7 Å². The summed E-state index contributed by atoms with van der Waals surface area (Å²) >= 11 is 18.3. The molecule has 0 saturated carbocycles. The van der Waals surface area contributed by atoms with Gasteiger partial charge in [0.25, 0.3) is 11.8 Å². The number of nitrogens with zero attached hydrogens (tertiary/aromatic N) is 1. The molecule has 1 N–H and O–H groups in total. The molecule has 0 spiro atoms. The van der Waals surface area contributed by atoms with Crippen molar-refractivity contribution < 1.29 is 19.1 Å². The summed E-state index contributed by atoms with van der Waals surface area (Å²) in [7, 11) is 0. The molecule has 4 amide bonds. The molecule has 0 bridgehead atoms. The van der Waals surface area contributed by atoms with Gasteiger partial charge in [0.15, 0.2) is 0 Å². The van der Waals surface area contributed by atoms with E-state index >= 15 is 0 Å². The number of nitrogens with one attached hydrogen (secondary N) is 1. The van der Waals surface area contributed by atoms with Crippen molar-refractivity contribution in [1.82, 2.24) is 5.32 Å². The van der Waals surface area contributed by atoms with Gasteiger partial charge < -0.3 is 4.74 Å². The van der Waals surface area contributed by atoms with Crippen LogP contribution < -0.4 is 15.0 Å². The number of ether oxygens (including phenoxy) is 1. The van der Waals surface area contributed by atoms with Crippen molar-refractivity contribution in [1.29, 1.82) is 0 Å². The first kappa shape index (κ1) is 21.2. The zero-order valence-corrected chi connectivity index (χ0v) is 17.6. The maximum absolute atomic E-state index is 12.9. The van der Waals surface area contributed by atoms with Gasteiger partial charge in [-0.05, 0) is 49.8 Å². The number of rotatable bonds is 4. The molecule has 29 heavy (non-hydrogen) atoms. The average molecular weight is 454 g/mol. The number of carbonyl (C=O) groups excluding carboxylic acids is 3. The molecule has 0 unspecified atom stereocenters. The molecule has 6 nitrogen and oxygen atoms in total. The molecule has 0 radical (unpaired) electrons. The second kappa shape index (κ2) is 8.45. The molecule has 0 atom stereocenters. The van der Waals surface area contributed by atoms with Crippen molar-refractivity contribution in [2.24, 2.45) is 0 Å². The van der Waals surface area contributed by atoms with Crippen LogP contribution in [0.1, 0.15) is 19.4 Å². The SMILES string of the molecule is CC(C)Oc1ccc(/C=C2\C(=O)NC(=O)N(c3cccc(Cl)c3Cl)C2=O)cc1Cl. The zero-order chi connectivity index (χ0) is 21.3. The van der Waals surface area contributed by atoms with Crippen molar-refractivity contribution >= 4 is 64.4 Å². The van der Waals surface area contributed by atoms with Gasteiger partial charge in [0, 0.05) is 0 Å². The van der Waals surface area contributed by atoms with Gasteiger partial charge in [-0.25, -0.2) is 9.69 Å². The van der Waals surface area contributed by atoms with Crippen molar-refractivity contribution in [2.45, 2.75) is 20.0 Å². The van der Waals surface area contributed by atoms with Gasteiger partial charge >= 0.3 is 6.03 Å². The van der Waals surface area contributed by atoms with E-state index in [0.717, 1.165) is 4.90 Å². The molecule has 1 fully saturated rings. The van der Waals surface area contributed by atoms with Crippen LogP contribution in [0.3, 0.4) is 0 Å². The summed E-state index contributed by atoms with van der Waals surface area (Å²) in [5, 5.41) is 2.63. The highest BCUT2D eigenvalue weighted by molar-refractivity contribution is 6.46. The summed E-state index contributed by atoms with van der Waals surface area (Å²) in [5.74, 6) is -1.18. The normalized spacial score (nSPS) is 15.9. The lowest BCUT2D eigenvalue weighted by molar-refractivity contribution is -0.122. The highest BCUT2D eigenvalue weighted by Gasteiger charge is 2.38. The minimum atomic E-state index is -0.917. The number of barbiturate groups is 1. The predicted octanol–water partition coefficient (Wildman–Crippen LogP) is 5.10. The average Bonchev–Trinajstić information content (AvgIpc) is 2.64. The fourth-order valence-electron chi connectivity index (χ4n) is 2.66. The van der Waals surface area contributed by atoms with Gasteiger partial charge in [-0.15, -0.1) is 0 Å². The summed E-state index contributed by atoms with van der Waals surface area (Å²) in [4.78, 5) is 38.3. The van der Waals surface area contributed by atoms with Crippen molar-refractivity contribution in [3.8, 4) is 5.75 Å². The van der Waals surface area contributed by atoms with Crippen LogP contribution in [0.15, 0.2) is 42.0 Å². The number of benzene rings is 2. The first-order valence-corrected chi connectivity index (χ1v) is 9.64. The van der Waals surface area contributed by atoms with Crippen LogP contribution in [0.25, 0.3) is 6.08 Å². The third-order valence-corrected chi connectivity index (χ3v) is 5.01. The Morgan fingerprint density at radius 2 is 1.76 bits per heavy atom. The fourth-order valence-corrected chi connectivity index (χ4v) is 3.28. The van der Waals surface area contributed by atoms with E-state index in [4.69, 9.17) is 39.5 Å². The lowest BCUT2D eigenvalue weighted by atomic mass is 10.1. The number of hydrogen-bond donors (Lipinski definition) is 1. The maximum Gasteiger partial charge on any atom is 0.336 e. The molecule has 0 aliphatic carbocycles. The van der Waals surface area contributed by atoms with E-state index < -0.39 is 17.8 Å². The van der Waals surface area contributed by atoms with E-state index in [1.165, 1.54) is 24.3 Å². The minimum Gasteiger partial charge on any atom is -0.489 e. The smallest absolute Gasteiger partial charge is 0.336 e. The maximum atomic E-state index is 12.9. The molecule has 1 aliphatic heterocycles. The molecular weight excluding hydrogens is 439 g/mol. The third-order valence-electron chi connectivity index (χ3n) is 3.90. The highest BCUT2D eigenvalue weighted by atomic mass is 35.5. The van der Waals surface area contributed by atoms with Crippen LogP contribution in [-0.2, 0) is 9.59 Å². The number of hydrogen-bond acceptors (Lipinski definition) is 4. The molecule has 1 aliphatic rings. The van der Waals surface area contributed by atoms with E-state index in [2.05, 4.69) is 5.32 Å². The van der Waals surface area contributed by atoms with Crippen LogP contribution in [0.4, 0.5) is 10.5 Å². The summed E-state index contributed by atoms with van der Waals surface area (Å²) in [6, 6.07) is 8.43. The molecule has 3 rings (SSSR count). The van der Waals surface area contributed by atoms with Crippen LogP contribution in [0, 0.1) is 0 Å². The lowest BCUT2D eigenvalue weighted by Gasteiger charge is -2.27. The number of carbonyl (C=O) groups is 3. The van der Waals surface area contributed by atoms with Crippen LogP contribution in [0.2, 0.25) is 15.1 Å². The Morgan fingerprint density at radius 3 is 2.41 bits per heavy atom. The molecule has 1 heterocycles. The van der Waals surface area contributed by atoms with Gasteiger partial charge in [0.2, 0.25) is 0 Å². The molecule has 150 valence electrons. The Hall–Kier alpha value is -2.54. The van der Waals surface area contributed by atoms with Crippen LogP contribution in [0.5, 0.6) is 5.75 Å². The quantitative estimate of drug-likeness (QED) is 0.516. The lowest BCUT2D eigenvalue weighted by Crippen LogP contribution is -2.54. The number of amides is 4. The van der Waals surface area contributed by atoms with Gasteiger partial charge in [-0.3, -0.25) is 14.9 Å². The first-order chi connectivity index (χ1) is 13.7. The zero-order valence-electron chi connectivity index (χ0n) is 15.3. The van der Waals surface area contributed by atoms with E-state index in [9.17, 15) is 14.4 Å². The summed E-state index contributed by atoms with van der Waals surface area (Å²) < 4.78 is 5.57. The molecule has 2 aromatic carbocycles. The largest absolute Gasteiger partial charge is 0.489 e. The Morgan fingerprint density at radius 1 is 1.03 bits per heavy atom. The van der Waals surface area contributed by atoms with Gasteiger partial charge in [-0.2, -0.15) is 0 Å². The van der Waals surface area contributed by atoms with E-state index in [1.807, 2.05) is 13.8 Å². The second-order valence-corrected chi connectivity index (χ2v) is 7.58. The van der Waals surface area contributed by atoms with Gasteiger partial charge in [0.05, 0.1) is 26.9 Å². The Labute approximate surface area is 182 Å². The molecule has 2 aromatic rings. The molecule has 9 heteroatoms. The third kappa shape index (κ3) is 4.40. The molecular formula is C20H15Cl3N2O4. The number of halogens is 3. The Balaban J connectivity index is 2.00. The van der Waals surface area contributed by atoms with Crippen LogP contribution >= 0.6 is 34.8 Å². The fraction of sp³-hybridized carbons (Fsp3) is 0.150. The monoisotopic (exact) mass is 452 g/mol. The standard InChI is InChI=1S/C20H15Cl3N2O4/c1-10(2)29-16-7-6-11(9-14(16)22)8-12-18(26)24-20(28)25(19(12)27)15-5-3-4-13(21)17(15)23/h3-10H,1-2H3,(H,24,26,28)/b12-8+. The van der Waals surface area contributed by atoms with Crippen molar-refractivity contribution in [2.75, 3.05) is 4.90 Å². The van der Waals surface area contributed by atoms with Crippen molar-refractivity contribution in [3.05, 3.63) is 62.6 Å². The highest BCUT2D eigenvalue weighted by Crippen LogP contribution is 2.34. The number of urea groups is 1. The Kier molecular flexibility index (Phi) is 6.17. The molecule has 0 aromatic heterocycles. The van der Waals surface area contributed by atoms with Crippen molar-refractivity contribution in [3.63, 3.8) is 0 Å². The number of anilines is 1. The van der Waals surface area contributed by atoms with E-state index in [0.29, 0.717) is 16.3 Å². The van der Waals surface area contributed by atoms with Gasteiger partial charge in [0.1, 0.15) is 11.3 Å². The predicted molar refractivity (Wildman–Crippen MR) is 113 cm³/mol. The summed E-state index contributed by atoms with van der Waals surface area (Å²) in [5.41, 5.74) is 0.295.